The highest BCUT2D eigenvalue weighted by atomic mass is 16.3. The fourth-order valence-electron chi connectivity index (χ4n) is 1.50. The fourth-order valence-corrected chi connectivity index (χ4v) is 1.50. The van der Waals surface area contributed by atoms with Crippen LogP contribution in [0.25, 0.3) is 10.4 Å². The molecule has 6 heteroatoms. The molecule has 15 heavy (non-hydrogen) atoms. The lowest BCUT2D eigenvalue weighted by atomic mass is 10.3. The molecule has 1 saturated carbocycles. The lowest BCUT2D eigenvalue weighted by Crippen LogP contribution is -2.10. The van der Waals surface area contributed by atoms with E-state index in [2.05, 4.69) is 10.0 Å². The second kappa shape index (κ2) is 3.67. The maximum atomic E-state index is 11.2. The number of pyridine rings is 1. The van der Waals surface area contributed by atoms with E-state index in [0.29, 0.717) is 11.7 Å². The Morgan fingerprint density at radius 3 is 3.00 bits per heavy atom. The van der Waals surface area contributed by atoms with Gasteiger partial charge in [-0.25, -0.2) is 0 Å². The van der Waals surface area contributed by atoms with Gasteiger partial charge >= 0.3 is 0 Å². The quantitative estimate of drug-likeness (QED) is 0.463. The van der Waals surface area contributed by atoms with Gasteiger partial charge in [-0.1, -0.05) is 5.11 Å². The summed E-state index contributed by atoms with van der Waals surface area (Å²) >= 11 is 0. The average molecular weight is 206 g/mol. The second-order valence-corrected chi connectivity index (χ2v) is 3.54. The predicted molar refractivity (Wildman–Crippen MR) is 53.5 cm³/mol. The van der Waals surface area contributed by atoms with Crippen molar-refractivity contribution in [3.63, 3.8) is 0 Å². The summed E-state index contributed by atoms with van der Waals surface area (Å²) in [5.41, 5.74) is 8.43. The molecule has 0 aliphatic heterocycles. The van der Waals surface area contributed by atoms with Crippen molar-refractivity contribution in [2.24, 2.45) is 5.11 Å². The van der Waals surface area contributed by atoms with Crippen LogP contribution >= 0.6 is 0 Å². The van der Waals surface area contributed by atoms with E-state index < -0.39 is 5.43 Å². The van der Waals surface area contributed by atoms with Gasteiger partial charge in [0, 0.05) is 22.7 Å². The summed E-state index contributed by atoms with van der Waals surface area (Å²) in [6, 6.07) is 1.66. The van der Waals surface area contributed by atoms with Crippen molar-refractivity contribution in [2.45, 2.75) is 25.4 Å². The van der Waals surface area contributed by atoms with Crippen LogP contribution in [0.2, 0.25) is 0 Å². The Hall–Kier alpha value is -1.94. The van der Waals surface area contributed by atoms with Gasteiger partial charge in [0.2, 0.25) is 5.43 Å². The molecule has 0 radical (unpaired) electrons. The first-order chi connectivity index (χ1) is 7.22. The Labute approximate surface area is 85.4 Å². The van der Waals surface area contributed by atoms with Gasteiger partial charge in [-0.05, 0) is 18.4 Å². The van der Waals surface area contributed by atoms with Crippen molar-refractivity contribution in [3.8, 4) is 5.75 Å². The molecule has 78 valence electrons. The Morgan fingerprint density at radius 2 is 2.40 bits per heavy atom. The standard InChI is InChI=1S/C9H10N4O2/c10-12-11-4-7-3-8(14)9(15)5-13(7)6-1-2-6/h3,5-6,15H,1-2,4H2. The van der Waals surface area contributed by atoms with E-state index >= 15 is 0 Å². The Kier molecular flexibility index (Phi) is 2.35. The molecular weight excluding hydrogens is 196 g/mol. The zero-order chi connectivity index (χ0) is 10.8. The van der Waals surface area contributed by atoms with Gasteiger partial charge in [0.15, 0.2) is 5.75 Å². The maximum absolute atomic E-state index is 11.2. The molecular formula is C9H10N4O2. The van der Waals surface area contributed by atoms with Crippen molar-refractivity contribution >= 4 is 0 Å². The molecule has 0 saturated heterocycles. The van der Waals surface area contributed by atoms with Crippen LogP contribution < -0.4 is 5.43 Å². The third kappa shape index (κ3) is 1.94. The number of rotatable bonds is 3. The van der Waals surface area contributed by atoms with Crippen LogP contribution in [0.4, 0.5) is 0 Å². The first kappa shape index (κ1) is 9.61. The van der Waals surface area contributed by atoms with Gasteiger partial charge in [-0.2, -0.15) is 0 Å². The van der Waals surface area contributed by atoms with Crippen LogP contribution in [0.5, 0.6) is 5.75 Å². The fraction of sp³-hybridized carbons (Fsp3) is 0.444. The number of hydrogen-bond acceptors (Lipinski definition) is 3. The predicted octanol–water partition coefficient (Wildman–Crippen LogP) is 1.70. The van der Waals surface area contributed by atoms with Crippen molar-refractivity contribution in [2.75, 3.05) is 0 Å². The Morgan fingerprint density at radius 1 is 1.67 bits per heavy atom. The molecule has 0 spiro atoms. The van der Waals surface area contributed by atoms with Crippen molar-refractivity contribution < 1.29 is 5.11 Å². The normalized spacial score (nSPS) is 14.7. The lowest BCUT2D eigenvalue weighted by Gasteiger charge is -2.10. The number of aromatic hydroxyl groups is 1. The minimum atomic E-state index is -0.435. The first-order valence-corrected chi connectivity index (χ1v) is 4.67. The van der Waals surface area contributed by atoms with Crippen LogP contribution in [-0.4, -0.2) is 9.67 Å². The number of hydrogen-bond donors (Lipinski definition) is 1. The van der Waals surface area contributed by atoms with Gasteiger partial charge in [-0.15, -0.1) is 0 Å². The minimum absolute atomic E-state index is 0.141. The first-order valence-electron chi connectivity index (χ1n) is 4.67. The Bertz CT molecular complexity index is 483. The van der Waals surface area contributed by atoms with E-state index in [-0.39, 0.29) is 12.3 Å². The van der Waals surface area contributed by atoms with Crippen LogP contribution in [0.1, 0.15) is 24.6 Å². The molecule has 0 atom stereocenters. The molecule has 1 fully saturated rings. The van der Waals surface area contributed by atoms with Gasteiger partial charge < -0.3 is 9.67 Å². The lowest BCUT2D eigenvalue weighted by molar-refractivity contribution is 0.458. The summed E-state index contributed by atoms with van der Waals surface area (Å²) in [4.78, 5) is 13.9. The molecule has 6 nitrogen and oxygen atoms in total. The molecule has 2 rings (SSSR count). The average Bonchev–Trinajstić information content (AvgIpc) is 3.03. The van der Waals surface area contributed by atoms with E-state index in [9.17, 15) is 9.90 Å². The van der Waals surface area contributed by atoms with Crippen LogP contribution in [0.3, 0.4) is 0 Å². The zero-order valence-corrected chi connectivity index (χ0v) is 8.00. The summed E-state index contributed by atoms with van der Waals surface area (Å²) in [6.07, 6.45) is 3.49. The second-order valence-electron chi connectivity index (χ2n) is 3.54. The molecule has 1 heterocycles. The summed E-state index contributed by atoms with van der Waals surface area (Å²) in [6.45, 7) is 0.141. The van der Waals surface area contributed by atoms with Gasteiger partial charge in [0.25, 0.3) is 0 Å². The molecule has 1 aromatic heterocycles. The topological polar surface area (TPSA) is 91.0 Å². The number of azide groups is 1. The molecule has 0 aromatic carbocycles. The summed E-state index contributed by atoms with van der Waals surface area (Å²) in [7, 11) is 0. The molecule has 1 aromatic rings. The van der Waals surface area contributed by atoms with Crippen molar-refractivity contribution in [1.82, 2.24) is 4.57 Å². The van der Waals surface area contributed by atoms with E-state index in [0.717, 1.165) is 12.8 Å². The highest BCUT2D eigenvalue weighted by molar-refractivity contribution is 5.22. The monoisotopic (exact) mass is 206 g/mol. The summed E-state index contributed by atoms with van der Waals surface area (Å²) < 4.78 is 1.81. The van der Waals surface area contributed by atoms with Gasteiger partial charge in [0.05, 0.1) is 12.7 Å². The van der Waals surface area contributed by atoms with E-state index in [4.69, 9.17) is 5.53 Å². The largest absolute Gasteiger partial charge is 0.503 e. The summed E-state index contributed by atoms with van der Waals surface area (Å²) in [5.74, 6) is -0.258. The molecule has 1 aliphatic rings. The Balaban J connectivity index is 2.44. The maximum Gasteiger partial charge on any atom is 0.223 e. The third-order valence-electron chi connectivity index (χ3n) is 2.38. The van der Waals surface area contributed by atoms with Crippen LogP contribution in [-0.2, 0) is 6.54 Å². The van der Waals surface area contributed by atoms with E-state index in [1.165, 1.54) is 12.3 Å². The van der Waals surface area contributed by atoms with E-state index in [1.54, 1.807) is 0 Å². The zero-order valence-electron chi connectivity index (χ0n) is 8.00. The van der Waals surface area contributed by atoms with Crippen molar-refractivity contribution in [3.05, 3.63) is 38.6 Å². The van der Waals surface area contributed by atoms with Crippen molar-refractivity contribution in [1.29, 1.82) is 0 Å². The van der Waals surface area contributed by atoms with Gasteiger partial charge in [-0.3, -0.25) is 4.79 Å². The molecule has 1 N–H and O–H groups in total. The molecule has 0 amide bonds. The number of aromatic nitrogens is 1. The molecule has 0 unspecified atom stereocenters. The molecule has 1 aliphatic carbocycles. The summed E-state index contributed by atoms with van der Waals surface area (Å²) in [5, 5.41) is 12.7. The van der Waals surface area contributed by atoms with Crippen LogP contribution in [0.15, 0.2) is 22.2 Å². The number of nitrogens with zero attached hydrogens (tertiary/aromatic N) is 4. The smallest absolute Gasteiger partial charge is 0.223 e. The van der Waals surface area contributed by atoms with E-state index in [1.807, 2.05) is 4.57 Å². The SMILES string of the molecule is [N-]=[N+]=NCc1cc(=O)c(O)cn1C1CC1. The highest BCUT2D eigenvalue weighted by Crippen LogP contribution is 2.36. The highest BCUT2D eigenvalue weighted by Gasteiger charge is 2.25. The molecule has 0 bridgehead atoms. The third-order valence-corrected chi connectivity index (χ3v) is 2.38. The van der Waals surface area contributed by atoms with Gasteiger partial charge in [0.1, 0.15) is 0 Å². The minimum Gasteiger partial charge on any atom is -0.503 e. The van der Waals surface area contributed by atoms with Crippen LogP contribution in [0, 0.1) is 0 Å².